The summed E-state index contributed by atoms with van der Waals surface area (Å²) in [5, 5.41) is 25.5. The van der Waals surface area contributed by atoms with Gasteiger partial charge in [-0.05, 0) is 69.2 Å². The molecule has 18 nitrogen and oxygen atoms in total. The number of aromatic nitrogens is 3. The number of methoxy groups -OCH3 is 1. The minimum Gasteiger partial charge on any atom is -0.497 e. The van der Waals surface area contributed by atoms with Gasteiger partial charge in [-0.15, -0.1) is 11.3 Å². The first-order chi connectivity index (χ1) is 31.8. The molecule has 1 saturated carbocycles. The highest BCUT2D eigenvalue weighted by atomic mass is 32.2. The highest BCUT2D eigenvalue weighted by Gasteiger charge is 2.61. The highest BCUT2D eigenvalue weighted by molar-refractivity contribution is 7.89. The van der Waals surface area contributed by atoms with Crippen LogP contribution in [0.1, 0.15) is 79.6 Å². The number of amides is 4. The predicted octanol–water partition coefficient (Wildman–Crippen LogP) is 5.81. The number of fused-ring (bicyclic) bond motifs is 3. The Bertz CT molecular complexity index is 2600. The SMILES string of the molecule is COc1ccc2c(O[C@@H]3C[C@H]4C(=O)N[C@]5(C(=O)O)CC5/C=C\CCCCC[C@@H](NC(=O)N[C@H](CN(C)S(=O)(=O)c5ccccn5)C(C)(C)C)C(=O)N4C3)cc(-c3csc(NC(C)C)n3)nc2c1. The molecule has 4 amide bonds. The van der Waals surface area contributed by atoms with Crippen LogP contribution in [-0.4, -0.2) is 125 Å². The molecule has 1 aromatic carbocycles. The number of sulfonamides is 1. The van der Waals surface area contributed by atoms with Crippen LogP contribution in [0, 0.1) is 11.3 Å². The number of carbonyl (C=O) groups is 4. The van der Waals surface area contributed by atoms with Gasteiger partial charge in [-0.2, -0.15) is 4.31 Å². The van der Waals surface area contributed by atoms with Crippen molar-refractivity contribution < 1.29 is 42.2 Å². The van der Waals surface area contributed by atoms with Gasteiger partial charge in [0.1, 0.15) is 40.9 Å². The maximum Gasteiger partial charge on any atom is 0.330 e. The van der Waals surface area contributed by atoms with Gasteiger partial charge in [-0.3, -0.25) is 9.59 Å². The molecule has 7 rings (SSSR count). The zero-order chi connectivity index (χ0) is 48.3. The topological polar surface area (TPSA) is 234 Å². The zero-order valence-corrected chi connectivity index (χ0v) is 40.6. The van der Waals surface area contributed by atoms with Crippen molar-refractivity contribution in [1.82, 2.24) is 40.1 Å². The van der Waals surface area contributed by atoms with Crippen LogP contribution >= 0.6 is 11.3 Å². The number of hydrogen-bond donors (Lipinski definition) is 5. The van der Waals surface area contributed by atoms with Crippen LogP contribution < -0.4 is 30.7 Å². The fourth-order valence-corrected chi connectivity index (χ4v) is 10.4. The Balaban J connectivity index is 1.18. The molecule has 20 heteroatoms. The molecule has 0 bridgehead atoms. The number of hydrogen-bond acceptors (Lipinski definition) is 13. The lowest BCUT2D eigenvalue weighted by Crippen LogP contribution is -2.59. The molecule has 1 saturated heterocycles. The lowest BCUT2D eigenvalue weighted by atomic mass is 9.87. The summed E-state index contributed by atoms with van der Waals surface area (Å²) in [5.74, 6) is -1.74. The fraction of sp³-hybridized carbons (Fsp3) is 0.511. The van der Waals surface area contributed by atoms with E-state index in [0.717, 1.165) is 22.3 Å². The Kier molecular flexibility index (Phi) is 14.8. The monoisotopic (exact) mass is 959 g/mol. The number of benzene rings is 1. The van der Waals surface area contributed by atoms with Crippen LogP contribution in [0.15, 0.2) is 71.2 Å². The summed E-state index contributed by atoms with van der Waals surface area (Å²) < 4.78 is 40.3. The number of anilines is 1. The number of ether oxygens (including phenoxy) is 2. The molecule has 4 aromatic rings. The second-order valence-electron chi connectivity index (χ2n) is 18.9. The Labute approximate surface area is 395 Å². The smallest absolute Gasteiger partial charge is 0.330 e. The number of nitrogens with zero attached hydrogens (tertiary/aromatic N) is 5. The van der Waals surface area contributed by atoms with Gasteiger partial charge in [-0.1, -0.05) is 51.8 Å². The minimum atomic E-state index is -4.00. The van der Waals surface area contributed by atoms with Gasteiger partial charge in [0.2, 0.25) is 11.8 Å². The molecule has 2 aliphatic heterocycles. The summed E-state index contributed by atoms with van der Waals surface area (Å²) in [6.45, 7) is 9.49. The van der Waals surface area contributed by atoms with Gasteiger partial charge in [0.05, 0.1) is 24.9 Å². The Morgan fingerprint density at radius 2 is 1.88 bits per heavy atom. The zero-order valence-electron chi connectivity index (χ0n) is 38.9. The molecule has 1 aliphatic carbocycles. The Morgan fingerprint density at radius 3 is 2.58 bits per heavy atom. The lowest BCUT2D eigenvalue weighted by molar-refractivity contribution is -0.145. The van der Waals surface area contributed by atoms with Gasteiger partial charge in [0, 0.05) is 67.1 Å². The third-order valence-electron chi connectivity index (χ3n) is 12.5. The van der Waals surface area contributed by atoms with Gasteiger partial charge < -0.3 is 40.7 Å². The summed E-state index contributed by atoms with van der Waals surface area (Å²) in [6, 6.07) is 8.27. The second-order valence-corrected chi connectivity index (χ2v) is 21.7. The number of aliphatic carboxylic acids is 1. The fourth-order valence-electron chi connectivity index (χ4n) is 8.47. The van der Waals surface area contributed by atoms with Crippen molar-refractivity contribution >= 4 is 61.2 Å². The Morgan fingerprint density at radius 1 is 1.09 bits per heavy atom. The van der Waals surface area contributed by atoms with E-state index in [4.69, 9.17) is 19.4 Å². The third kappa shape index (κ3) is 11.3. The van der Waals surface area contributed by atoms with E-state index < -0.39 is 74.9 Å². The number of carboxylic acid groups (broad SMARTS) is 1. The Hall–Kier alpha value is -5.86. The summed E-state index contributed by atoms with van der Waals surface area (Å²) in [4.78, 5) is 71.3. The van der Waals surface area contributed by atoms with Crippen LogP contribution in [0.25, 0.3) is 22.3 Å². The van der Waals surface area contributed by atoms with Crippen LogP contribution in [-0.2, 0) is 24.4 Å². The minimum absolute atomic E-state index is 0.0182. The lowest BCUT2D eigenvalue weighted by Gasteiger charge is -2.35. The van der Waals surface area contributed by atoms with Gasteiger partial charge in [-0.25, -0.2) is 33.0 Å². The van der Waals surface area contributed by atoms with Crippen molar-refractivity contribution in [3.8, 4) is 22.9 Å². The number of nitrogens with one attached hydrogen (secondary N) is 4. The highest BCUT2D eigenvalue weighted by Crippen LogP contribution is 2.46. The van der Waals surface area contributed by atoms with Crippen molar-refractivity contribution in [1.29, 1.82) is 0 Å². The average Bonchev–Trinajstić information content (AvgIpc) is 3.54. The molecule has 0 radical (unpaired) electrons. The molecular weight excluding hydrogens is 899 g/mol. The van der Waals surface area contributed by atoms with E-state index in [-0.39, 0.29) is 43.4 Å². The molecule has 1 unspecified atom stereocenters. The van der Waals surface area contributed by atoms with Crippen LogP contribution in [0.4, 0.5) is 9.93 Å². The first-order valence-corrected chi connectivity index (χ1v) is 25.0. The summed E-state index contributed by atoms with van der Waals surface area (Å²) in [6.07, 6.45) is 7.62. The first kappa shape index (κ1) is 49.1. The van der Waals surface area contributed by atoms with Gasteiger partial charge in [0.25, 0.3) is 10.0 Å². The van der Waals surface area contributed by atoms with Crippen LogP contribution in [0.5, 0.6) is 11.5 Å². The maximum absolute atomic E-state index is 15.0. The molecule has 5 heterocycles. The molecule has 0 spiro atoms. The predicted molar refractivity (Wildman–Crippen MR) is 254 cm³/mol. The van der Waals surface area contributed by atoms with Gasteiger partial charge in [0.15, 0.2) is 10.2 Å². The molecule has 3 aliphatic rings. The molecule has 2 fully saturated rings. The molecule has 67 heavy (non-hydrogen) atoms. The number of carbonyl (C=O) groups excluding carboxylic acids is 3. The van der Waals surface area contributed by atoms with E-state index in [1.165, 1.54) is 35.5 Å². The van der Waals surface area contributed by atoms with Crippen LogP contribution in [0.3, 0.4) is 0 Å². The van der Waals surface area contributed by atoms with E-state index in [1.807, 2.05) is 58.2 Å². The van der Waals surface area contributed by atoms with E-state index in [1.54, 1.807) is 37.4 Å². The third-order valence-corrected chi connectivity index (χ3v) is 15.0. The van der Waals surface area contributed by atoms with Crippen molar-refractivity contribution in [2.45, 2.75) is 120 Å². The molecule has 360 valence electrons. The molecular formula is C47H61N9O9S2. The van der Waals surface area contributed by atoms with Crippen LogP contribution in [0.2, 0.25) is 0 Å². The summed E-state index contributed by atoms with van der Waals surface area (Å²) >= 11 is 1.44. The summed E-state index contributed by atoms with van der Waals surface area (Å²) in [7, 11) is -1.02. The largest absolute Gasteiger partial charge is 0.497 e. The standard InChI is InChI=1S/C47H61N9O9S2/c1-28(2)49-45-52-36(27-66-45)35-23-38(32-19-18-30(64-7)21-34(32)50-35)65-31-22-37-41(57)54-47(43(59)60)24-29(47)15-11-9-8-10-12-16-33(42(58)56(37)25-31)51-44(61)53-39(46(3,4)5)26-55(6)67(62,63)40-17-13-14-20-48-40/h11,13-15,17-21,23,27-29,31,33,37,39H,8-10,12,16,22,24-26H2,1-7H3,(H,49,52)(H,54,57)(H,59,60)(H2,51,53,61)/b15-11-/t29?,31-,33-,37+,39-,47-/m1/s1. The number of thiazole rings is 1. The molecule has 3 aromatic heterocycles. The van der Waals surface area contributed by atoms with Crippen molar-refractivity contribution in [3.63, 3.8) is 0 Å². The number of likely N-dealkylation sites (N-methyl/N-ethyl adjacent to an activating group) is 1. The first-order valence-electron chi connectivity index (χ1n) is 22.6. The van der Waals surface area contributed by atoms with Gasteiger partial charge >= 0.3 is 12.0 Å². The number of urea groups is 1. The number of rotatable bonds is 13. The van der Waals surface area contributed by atoms with E-state index >= 15 is 0 Å². The number of carboxylic acids is 1. The van der Waals surface area contributed by atoms with Crippen molar-refractivity contribution in [2.24, 2.45) is 11.3 Å². The molecule has 5 N–H and O–H groups in total. The van der Waals surface area contributed by atoms with E-state index in [0.29, 0.717) is 46.6 Å². The number of allylic oxidation sites excluding steroid dienone is 1. The average molecular weight is 960 g/mol. The normalized spacial score (nSPS) is 23.6. The summed E-state index contributed by atoms with van der Waals surface area (Å²) in [5.41, 5.74) is -0.440. The second kappa shape index (κ2) is 20.2. The number of pyridine rings is 2. The maximum atomic E-state index is 15.0. The van der Waals surface area contributed by atoms with E-state index in [2.05, 4.69) is 26.3 Å². The quantitative estimate of drug-likeness (QED) is 0.0997. The molecule has 6 atom stereocenters. The van der Waals surface area contributed by atoms with Crippen molar-refractivity contribution in [3.05, 3.63) is 66.2 Å². The van der Waals surface area contributed by atoms with Crippen molar-refractivity contribution in [2.75, 3.05) is 32.6 Å². The van der Waals surface area contributed by atoms with E-state index in [9.17, 15) is 32.7 Å².